The molecular weight excluding hydrogens is 272 g/mol. The van der Waals surface area contributed by atoms with Crippen LogP contribution in [0, 0.1) is 0 Å². The van der Waals surface area contributed by atoms with Gasteiger partial charge in [-0.05, 0) is 44.2 Å². The van der Waals surface area contributed by atoms with Crippen LogP contribution in [0.1, 0.15) is 13.8 Å². The molecule has 0 unspecified atom stereocenters. The van der Waals surface area contributed by atoms with E-state index in [4.69, 9.17) is 14.2 Å². The van der Waals surface area contributed by atoms with Gasteiger partial charge in [0.1, 0.15) is 18.1 Å². The van der Waals surface area contributed by atoms with Crippen molar-refractivity contribution in [2.75, 3.05) is 13.7 Å². The molecule has 1 rings (SSSR count). The average Bonchev–Trinajstić information content (AvgIpc) is 2.45. The highest BCUT2D eigenvalue weighted by atomic mass is 16.5. The van der Waals surface area contributed by atoms with Crippen molar-refractivity contribution >= 4 is 11.9 Å². The van der Waals surface area contributed by atoms with Crippen molar-refractivity contribution in [1.82, 2.24) is 0 Å². The Bertz CT molecular complexity index is 536. The molecule has 5 nitrogen and oxygen atoms in total. The van der Waals surface area contributed by atoms with Crippen molar-refractivity contribution in [2.45, 2.75) is 13.8 Å². The van der Waals surface area contributed by atoms with Crippen molar-refractivity contribution < 1.29 is 23.8 Å². The lowest BCUT2D eigenvalue weighted by Gasteiger charge is -2.02. The molecule has 0 heterocycles. The number of carbonyl (C=O) groups is 2. The van der Waals surface area contributed by atoms with Crippen LogP contribution in [-0.4, -0.2) is 25.7 Å². The molecule has 0 aliphatic carbocycles. The van der Waals surface area contributed by atoms with E-state index in [1.807, 2.05) is 13.8 Å². The van der Waals surface area contributed by atoms with E-state index in [9.17, 15) is 9.59 Å². The first-order valence-electron chi connectivity index (χ1n) is 6.35. The van der Waals surface area contributed by atoms with Gasteiger partial charge < -0.3 is 14.2 Å². The fraction of sp³-hybridized carbons (Fsp3) is 0.250. The third-order valence-corrected chi connectivity index (χ3v) is 2.35. The summed E-state index contributed by atoms with van der Waals surface area (Å²) >= 11 is 0. The van der Waals surface area contributed by atoms with Gasteiger partial charge in [-0.2, -0.15) is 0 Å². The summed E-state index contributed by atoms with van der Waals surface area (Å²) in [5.41, 5.74) is 1.05. The Hall–Kier alpha value is -2.56. The van der Waals surface area contributed by atoms with Crippen molar-refractivity contribution in [3.8, 4) is 11.5 Å². The highest BCUT2D eigenvalue weighted by Gasteiger charge is 2.03. The van der Waals surface area contributed by atoms with E-state index < -0.39 is 11.9 Å². The number of esters is 2. The normalized spacial score (nSPS) is 10.0. The van der Waals surface area contributed by atoms with Crippen LogP contribution in [0.15, 0.2) is 48.1 Å². The molecule has 0 aromatic heterocycles. The molecule has 0 N–H and O–H groups in total. The predicted molar refractivity (Wildman–Crippen MR) is 78.2 cm³/mol. The quantitative estimate of drug-likeness (QED) is 0.349. The third-order valence-electron chi connectivity index (χ3n) is 2.35. The molecule has 21 heavy (non-hydrogen) atoms. The molecule has 0 bridgehead atoms. The first-order chi connectivity index (χ1) is 10.0. The SMILES string of the molecule is COc1ccc(OC(=O)/C=C/C(=O)OCC=C(C)C)cc1. The Morgan fingerprint density at radius 1 is 1.00 bits per heavy atom. The summed E-state index contributed by atoms with van der Waals surface area (Å²) in [7, 11) is 1.55. The van der Waals surface area contributed by atoms with E-state index in [2.05, 4.69) is 0 Å². The first kappa shape index (κ1) is 16.5. The van der Waals surface area contributed by atoms with Crippen LogP contribution in [0.2, 0.25) is 0 Å². The largest absolute Gasteiger partial charge is 0.497 e. The lowest BCUT2D eigenvalue weighted by molar-refractivity contribution is -0.137. The maximum atomic E-state index is 11.5. The molecule has 1 aromatic carbocycles. The van der Waals surface area contributed by atoms with Gasteiger partial charge in [-0.1, -0.05) is 5.57 Å². The number of rotatable bonds is 6. The highest BCUT2D eigenvalue weighted by molar-refractivity contribution is 5.92. The fourth-order valence-corrected chi connectivity index (χ4v) is 1.27. The predicted octanol–water partition coefficient (Wildman–Crippen LogP) is 2.67. The number of hydrogen-bond acceptors (Lipinski definition) is 5. The van der Waals surface area contributed by atoms with Gasteiger partial charge in [-0.3, -0.25) is 0 Å². The van der Waals surface area contributed by atoms with Gasteiger partial charge in [0.15, 0.2) is 0 Å². The van der Waals surface area contributed by atoms with Gasteiger partial charge >= 0.3 is 11.9 Å². The molecule has 0 aliphatic heterocycles. The van der Waals surface area contributed by atoms with Crippen molar-refractivity contribution in [3.63, 3.8) is 0 Å². The monoisotopic (exact) mass is 290 g/mol. The van der Waals surface area contributed by atoms with E-state index in [1.165, 1.54) is 0 Å². The summed E-state index contributed by atoms with van der Waals surface area (Å²) in [5.74, 6) is -0.227. The lowest BCUT2D eigenvalue weighted by Crippen LogP contribution is -2.06. The fourth-order valence-electron chi connectivity index (χ4n) is 1.27. The van der Waals surface area contributed by atoms with Crippen LogP contribution in [0.5, 0.6) is 11.5 Å². The number of allylic oxidation sites excluding steroid dienone is 1. The second-order valence-electron chi connectivity index (χ2n) is 4.34. The van der Waals surface area contributed by atoms with Crippen molar-refractivity contribution in [3.05, 3.63) is 48.1 Å². The van der Waals surface area contributed by atoms with Crippen LogP contribution in [-0.2, 0) is 14.3 Å². The Morgan fingerprint density at radius 2 is 1.57 bits per heavy atom. The standard InChI is InChI=1S/C16H18O5/c1-12(2)10-11-20-15(17)8-9-16(18)21-14-6-4-13(19-3)5-7-14/h4-10H,11H2,1-3H3/b9-8+. The highest BCUT2D eigenvalue weighted by Crippen LogP contribution is 2.17. The number of benzene rings is 1. The number of hydrogen-bond donors (Lipinski definition) is 0. The minimum atomic E-state index is -0.653. The Kier molecular flexibility index (Phi) is 6.74. The Labute approximate surface area is 123 Å². The number of ether oxygens (including phenoxy) is 3. The molecule has 1 aromatic rings. The molecule has 0 spiro atoms. The van der Waals surface area contributed by atoms with E-state index in [0.717, 1.165) is 17.7 Å². The summed E-state index contributed by atoms with van der Waals surface area (Å²) in [6.07, 6.45) is 3.82. The van der Waals surface area contributed by atoms with Crippen LogP contribution >= 0.6 is 0 Å². The molecule has 5 heteroatoms. The summed E-state index contributed by atoms with van der Waals surface area (Å²) in [6.45, 7) is 3.98. The van der Waals surface area contributed by atoms with Gasteiger partial charge in [-0.25, -0.2) is 9.59 Å². The van der Waals surface area contributed by atoms with Gasteiger partial charge in [0, 0.05) is 12.2 Å². The van der Waals surface area contributed by atoms with Crippen LogP contribution in [0.3, 0.4) is 0 Å². The minimum absolute atomic E-state index is 0.180. The third kappa shape index (κ3) is 6.96. The molecule has 0 aliphatic rings. The zero-order valence-electron chi connectivity index (χ0n) is 12.3. The topological polar surface area (TPSA) is 61.8 Å². The van der Waals surface area contributed by atoms with Crippen molar-refractivity contribution in [2.24, 2.45) is 0 Å². The Balaban J connectivity index is 2.43. The minimum Gasteiger partial charge on any atom is -0.497 e. The van der Waals surface area contributed by atoms with E-state index in [1.54, 1.807) is 37.5 Å². The maximum Gasteiger partial charge on any atom is 0.336 e. The van der Waals surface area contributed by atoms with Crippen molar-refractivity contribution in [1.29, 1.82) is 0 Å². The summed E-state index contributed by atoms with van der Waals surface area (Å²) in [6, 6.07) is 6.52. The van der Waals surface area contributed by atoms with E-state index in [-0.39, 0.29) is 6.61 Å². The molecular formula is C16H18O5. The van der Waals surface area contributed by atoms with E-state index in [0.29, 0.717) is 11.5 Å². The number of methoxy groups -OCH3 is 1. The zero-order valence-corrected chi connectivity index (χ0v) is 12.3. The number of carbonyl (C=O) groups excluding carboxylic acids is 2. The molecule has 0 amide bonds. The molecule has 0 fully saturated rings. The molecule has 0 radical (unpaired) electrons. The van der Waals surface area contributed by atoms with Crippen LogP contribution in [0.4, 0.5) is 0 Å². The van der Waals surface area contributed by atoms with Gasteiger partial charge in [0.2, 0.25) is 0 Å². The second kappa shape index (κ2) is 8.58. The van der Waals surface area contributed by atoms with Crippen LogP contribution < -0.4 is 9.47 Å². The molecule has 112 valence electrons. The molecule has 0 atom stereocenters. The smallest absolute Gasteiger partial charge is 0.336 e. The molecule has 0 saturated carbocycles. The van der Waals surface area contributed by atoms with Crippen LogP contribution in [0.25, 0.3) is 0 Å². The Morgan fingerprint density at radius 3 is 2.14 bits per heavy atom. The average molecular weight is 290 g/mol. The van der Waals surface area contributed by atoms with Gasteiger partial charge in [0.25, 0.3) is 0 Å². The van der Waals surface area contributed by atoms with Gasteiger partial charge in [-0.15, -0.1) is 0 Å². The maximum absolute atomic E-state index is 11.5. The summed E-state index contributed by atoms with van der Waals surface area (Å²) in [5, 5.41) is 0. The molecule has 0 saturated heterocycles. The second-order valence-corrected chi connectivity index (χ2v) is 4.34. The van der Waals surface area contributed by atoms with Gasteiger partial charge in [0.05, 0.1) is 7.11 Å². The lowest BCUT2D eigenvalue weighted by atomic mass is 10.3. The zero-order chi connectivity index (χ0) is 15.7. The summed E-state index contributed by atoms with van der Waals surface area (Å²) < 4.78 is 14.9. The van der Waals surface area contributed by atoms with E-state index >= 15 is 0 Å². The summed E-state index contributed by atoms with van der Waals surface area (Å²) in [4.78, 5) is 22.8. The first-order valence-corrected chi connectivity index (χ1v) is 6.35.